The van der Waals surface area contributed by atoms with E-state index in [1.807, 2.05) is 25.1 Å². The lowest BCUT2D eigenvalue weighted by molar-refractivity contribution is -0.120. The number of amides is 1. The van der Waals surface area contributed by atoms with Crippen LogP contribution in [0.5, 0.6) is 5.75 Å². The second-order valence-corrected chi connectivity index (χ2v) is 4.90. The fourth-order valence-corrected chi connectivity index (χ4v) is 2.09. The summed E-state index contributed by atoms with van der Waals surface area (Å²) in [4.78, 5) is 11.9. The summed E-state index contributed by atoms with van der Waals surface area (Å²) in [5.41, 5.74) is 2.83. The Morgan fingerprint density at radius 3 is 2.57 bits per heavy atom. The van der Waals surface area contributed by atoms with Crippen LogP contribution in [0.3, 0.4) is 0 Å². The summed E-state index contributed by atoms with van der Waals surface area (Å²) in [6, 6.07) is 11.8. The summed E-state index contributed by atoms with van der Waals surface area (Å²) in [5.74, 6) is 0.344. The van der Waals surface area contributed by atoms with E-state index in [1.165, 1.54) is 12.1 Å². The number of hydrogen-bond acceptors (Lipinski definition) is 2. The fourth-order valence-electron chi connectivity index (χ4n) is 2.09. The molecule has 1 amide bonds. The number of rotatable bonds is 5. The Bertz CT molecular complexity index is 623. The molecule has 0 radical (unpaired) electrons. The molecule has 2 aromatic rings. The number of ether oxygens (including phenoxy) is 1. The van der Waals surface area contributed by atoms with Gasteiger partial charge in [-0.15, -0.1) is 0 Å². The normalized spacial score (nSPS) is 10.2. The maximum absolute atomic E-state index is 12.8. The number of aryl methyl sites for hydroxylation is 1. The minimum absolute atomic E-state index is 0.106. The lowest BCUT2D eigenvalue weighted by Gasteiger charge is -2.11. The number of nitrogens with one attached hydrogen (secondary N) is 1. The molecule has 2 rings (SSSR count). The molecule has 3 nitrogen and oxygen atoms in total. The van der Waals surface area contributed by atoms with Gasteiger partial charge in [-0.25, -0.2) is 4.39 Å². The van der Waals surface area contributed by atoms with Crippen LogP contribution >= 0.6 is 0 Å². The predicted molar refractivity (Wildman–Crippen MR) is 79.7 cm³/mol. The average Bonchev–Trinajstić information content (AvgIpc) is 2.48. The lowest BCUT2D eigenvalue weighted by Crippen LogP contribution is -2.24. The number of benzene rings is 2. The highest BCUT2D eigenvalue weighted by atomic mass is 19.1. The average molecular weight is 287 g/mol. The number of carbonyl (C=O) groups excluding carboxylic acids is 1. The molecule has 0 aliphatic carbocycles. The van der Waals surface area contributed by atoms with E-state index in [2.05, 4.69) is 5.32 Å². The van der Waals surface area contributed by atoms with E-state index in [4.69, 9.17) is 4.74 Å². The van der Waals surface area contributed by atoms with Gasteiger partial charge >= 0.3 is 0 Å². The monoisotopic (exact) mass is 287 g/mol. The van der Waals surface area contributed by atoms with Crippen LogP contribution in [-0.2, 0) is 17.8 Å². The van der Waals surface area contributed by atoms with E-state index in [-0.39, 0.29) is 18.1 Å². The highest BCUT2D eigenvalue weighted by molar-refractivity contribution is 5.78. The van der Waals surface area contributed by atoms with Crippen molar-refractivity contribution in [2.75, 3.05) is 7.11 Å². The van der Waals surface area contributed by atoms with Gasteiger partial charge in [0.15, 0.2) is 0 Å². The van der Waals surface area contributed by atoms with Gasteiger partial charge in [-0.2, -0.15) is 0 Å². The molecule has 0 fully saturated rings. The largest absolute Gasteiger partial charge is 0.496 e. The number of halogens is 1. The van der Waals surface area contributed by atoms with Gasteiger partial charge in [0, 0.05) is 12.1 Å². The van der Waals surface area contributed by atoms with Crippen molar-refractivity contribution in [3.63, 3.8) is 0 Å². The first-order valence-electron chi connectivity index (χ1n) is 6.73. The maximum Gasteiger partial charge on any atom is 0.224 e. The third-order valence-corrected chi connectivity index (χ3v) is 3.19. The van der Waals surface area contributed by atoms with Gasteiger partial charge in [0.05, 0.1) is 13.5 Å². The van der Waals surface area contributed by atoms with Gasteiger partial charge in [0.25, 0.3) is 0 Å². The Kier molecular flexibility index (Phi) is 4.93. The van der Waals surface area contributed by atoms with Crippen LogP contribution in [0, 0.1) is 12.7 Å². The molecule has 0 heterocycles. The molecule has 21 heavy (non-hydrogen) atoms. The molecule has 0 aliphatic rings. The summed E-state index contributed by atoms with van der Waals surface area (Å²) in [6.45, 7) is 2.40. The van der Waals surface area contributed by atoms with Crippen molar-refractivity contribution in [2.45, 2.75) is 19.9 Å². The van der Waals surface area contributed by atoms with Gasteiger partial charge in [-0.3, -0.25) is 4.79 Å². The Hall–Kier alpha value is -2.36. The van der Waals surface area contributed by atoms with Crippen LogP contribution in [-0.4, -0.2) is 13.0 Å². The molecule has 0 aromatic heterocycles. The standard InChI is InChI=1S/C17H18FNO2/c1-12-3-8-16(21-2)14(9-12)11-19-17(20)10-13-4-6-15(18)7-5-13/h3-9H,10-11H2,1-2H3,(H,19,20). The zero-order valence-corrected chi connectivity index (χ0v) is 12.2. The summed E-state index contributed by atoms with van der Waals surface area (Å²) in [7, 11) is 1.61. The second-order valence-electron chi connectivity index (χ2n) is 4.90. The minimum Gasteiger partial charge on any atom is -0.496 e. The molecule has 0 saturated carbocycles. The summed E-state index contributed by atoms with van der Waals surface area (Å²) >= 11 is 0. The first-order valence-corrected chi connectivity index (χ1v) is 6.73. The molecule has 110 valence electrons. The molecule has 0 aliphatic heterocycles. The third-order valence-electron chi connectivity index (χ3n) is 3.19. The molecule has 4 heteroatoms. The van der Waals surface area contributed by atoms with E-state index in [0.29, 0.717) is 6.54 Å². The van der Waals surface area contributed by atoms with Crippen molar-refractivity contribution in [1.29, 1.82) is 0 Å². The first-order chi connectivity index (χ1) is 10.1. The van der Waals surface area contributed by atoms with E-state index >= 15 is 0 Å². The summed E-state index contributed by atoms with van der Waals surface area (Å²) in [6.07, 6.45) is 0.231. The minimum atomic E-state index is -0.302. The van der Waals surface area contributed by atoms with Gasteiger partial charge < -0.3 is 10.1 Å². The Morgan fingerprint density at radius 2 is 1.90 bits per heavy atom. The Balaban J connectivity index is 1.95. The van der Waals surface area contributed by atoms with Crippen LogP contribution in [0.2, 0.25) is 0 Å². The first kappa shape index (κ1) is 15.0. The second kappa shape index (κ2) is 6.88. The van der Waals surface area contributed by atoms with Gasteiger partial charge in [0.1, 0.15) is 11.6 Å². The molecule has 2 aromatic carbocycles. The third kappa shape index (κ3) is 4.31. The van der Waals surface area contributed by atoms with Gasteiger partial charge in [0.2, 0.25) is 5.91 Å². The smallest absolute Gasteiger partial charge is 0.224 e. The van der Waals surface area contributed by atoms with Crippen LogP contribution in [0.1, 0.15) is 16.7 Å². The molecule has 0 unspecified atom stereocenters. The van der Waals surface area contributed by atoms with E-state index in [0.717, 1.165) is 22.4 Å². The molecular weight excluding hydrogens is 269 g/mol. The van der Waals surface area contributed by atoms with Gasteiger partial charge in [-0.05, 0) is 30.7 Å². The topological polar surface area (TPSA) is 38.3 Å². The van der Waals surface area contributed by atoms with Crippen molar-refractivity contribution in [2.24, 2.45) is 0 Å². The summed E-state index contributed by atoms with van der Waals surface area (Å²) < 4.78 is 18.1. The Labute approximate surface area is 123 Å². The van der Waals surface area contributed by atoms with E-state index in [9.17, 15) is 9.18 Å². The molecule has 0 bridgehead atoms. The fraction of sp³-hybridized carbons (Fsp3) is 0.235. The predicted octanol–water partition coefficient (Wildman–Crippen LogP) is 3.00. The van der Waals surface area contributed by atoms with E-state index < -0.39 is 0 Å². The van der Waals surface area contributed by atoms with Crippen LogP contribution in [0.15, 0.2) is 42.5 Å². The van der Waals surface area contributed by atoms with Crippen molar-refractivity contribution in [1.82, 2.24) is 5.32 Å². The molecular formula is C17H18FNO2. The maximum atomic E-state index is 12.8. The van der Waals surface area contributed by atoms with Crippen molar-refractivity contribution < 1.29 is 13.9 Å². The molecule has 0 saturated heterocycles. The number of carbonyl (C=O) groups is 1. The SMILES string of the molecule is COc1ccc(C)cc1CNC(=O)Cc1ccc(F)cc1. The zero-order chi connectivity index (χ0) is 15.2. The van der Waals surface area contributed by atoms with Crippen molar-refractivity contribution in [3.8, 4) is 5.75 Å². The van der Waals surface area contributed by atoms with Crippen molar-refractivity contribution >= 4 is 5.91 Å². The quantitative estimate of drug-likeness (QED) is 0.918. The molecule has 0 atom stereocenters. The lowest BCUT2D eigenvalue weighted by atomic mass is 10.1. The van der Waals surface area contributed by atoms with Crippen molar-refractivity contribution in [3.05, 3.63) is 65.0 Å². The van der Waals surface area contributed by atoms with Crippen LogP contribution in [0.25, 0.3) is 0 Å². The number of hydrogen-bond donors (Lipinski definition) is 1. The van der Waals surface area contributed by atoms with Crippen LogP contribution < -0.4 is 10.1 Å². The highest BCUT2D eigenvalue weighted by Crippen LogP contribution is 2.19. The highest BCUT2D eigenvalue weighted by Gasteiger charge is 2.07. The summed E-state index contributed by atoms with van der Waals surface area (Å²) in [5, 5.41) is 2.85. The number of methoxy groups -OCH3 is 1. The van der Waals surface area contributed by atoms with Gasteiger partial charge in [-0.1, -0.05) is 29.8 Å². The van der Waals surface area contributed by atoms with Crippen LogP contribution in [0.4, 0.5) is 4.39 Å². The van der Waals surface area contributed by atoms with E-state index in [1.54, 1.807) is 19.2 Å². The zero-order valence-electron chi connectivity index (χ0n) is 12.2. The molecule has 0 spiro atoms. The Morgan fingerprint density at radius 1 is 1.19 bits per heavy atom. The molecule has 1 N–H and O–H groups in total.